The maximum absolute atomic E-state index is 11.5. The number of carboxylic acid groups (broad SMARTS) is 1. The molecule has 0 unspecified atom stereocenters. The SMILES string of the molecule is CSCC[C@@H](NC(=O)Cn1ccnn1)C(=O)O. The van der Waals surface area contributed by atoms with Crippen molar-refractivity contribution in [3.8, 4) is 0 Å². The summed E-state index contributed by atoms with van der Waals surface area (Å²) in [7, 11) is 0. The van der Waals surface area contributed by atoms with Gasteiger partial charge >= 0.3 is 5.97 Å². The fraction of sp³-hybridized carbons (Fsp3) is 0.556. The van der Waals surface area contributed by atoms with Crippen molar-refractivity contribution >= 4 is 23.6 Å². The number of amides is 1. The fourth-order valence-corrected chi connectivity index (χ4v) is 1.67. The van der Waals surface area contributed by atoms with Crippen molar-refractivity contribution in [3.63, 3.8) is 0 Å². The van der Waals surface area contributed by atoms with E-state index < -0.39 is 12.0 Å². The van der Waals surface area contributed by atoms with Crippen LogP contribution in [0.25, 0.3) is 0 Å². The number of carboxylic acids is 1. The molecule has 1 aromatic rings. The van der Waals surface area contributed by atoms with Gasteiger partial charge < -0.3 is 10.4 Å². The second-order valence-corrected chi connectivity index (χ2v) is 4.33. The van der Waals surface area contributed by atoms with Gasteiger partial charge in [-0.1, -0.05) is 5.21 Å². The first kappa shape index (κ1) is 13.5. The predicted octanol–water partition coefficient (Wildman–Crippen LogP) is -0.399. The number of aromatic nitrogens is 3. The molecule has 1 atom stereocenters. The van der Waals surface area contributed by atoms with Crippen molar-refractivity contribution in [2.45, 2.75) is 19.0 Å². The van der Waals surface area contributed by atoms with Crippen molar-refractivity contribution in [1.29, 1.82) is 0 Å². The average molecular weight is 258 g/mol. The van der Waals surface area contributed by atoms with E-state index in [0.717, 1.165) is 0 Å². The molecule has 1 rings (SSSR count). The Hall–Kier alpha value is -1.57. The maximum atomic E-state index is 11.5. The van der Waals surface area contributed by atoms with Gasteiger partial charge in [-0.2, -0.15) is 11.8 Å². The van der Waals surface area contributed by atoms with Gasteiger partial charge in [0.05, 0.1) is 6.20 Å². The van der Waals surface area contributed by atoms with Gasteiger partial charge in [0.1, 0.15) is 12.6 Å². The Balaban J connectivity index is 2.43. The number of aliphatic carboxylic acids is 1. The summed E-state index contributed by atoms with van der Waals surface area (Å²) in [6.07, 6.45) is 5.28. The topological polar surface area (TPSA) is 97.1 Å². The molecule has 0 aliphatic rings. The minimum atomic E-state index is -1.02. The highest BCUT2D eigenvalue weighted by molar-refractivity contribution is 7.98. The zero-order valence-corrected chi connectivity index (χ0v) is 10.2. The predicted molar refractivity (Wildman–Crippen MR) is 62.6 cm³/mol. The van der Waals surface area contributed by atoms with Crippen LogP contribution in [-0.4, -0.2) is 50.0 Å². The third-order valence-electron chi connectivity index (χ3n) is 2.02. The summed E-state index contributed by atoms with van der Waals surface area (Å²) in [4.78, 5) is 22.4. The second-order valence-electron chi connectivity index (χ2n) is 3.34. The van der Waals surface area contributed by atoms with Crippen LogP contribution in [0.2, 0.25) is 0 Å². The molecule has 0 spiro atoms. The Morgan fingerprint density at radius 2 is 2.35 bits per heavy atom. The summed E-state index contributed by atoms with van der Waals surface area (Å²) in [6.45, 7) is -0.0248. The van der Waals surface area contributed by atoms with Crippen molar-refractivity contribution in [1.82, 2.24) is 20.3 Å². The number of carbonyl (C=O) groups excluding carboxylic acids is 1. The first-order valence-electron chi connectivity index (χ1n) is 4.98. The van der Waals surface area contributed by atoms with Gasteiger partial charge in [-0.25, -0.2) is 9.48 Å². The normalized spacial score (nSPS) is 12.1. The van der Waals surface area contributed by atoms with Crippen LogP contribution in [0.5, 0.6) is 0 Å². The van der Waals surface area contributed by atoms with E-state index in [1.54, 1.807) is 0 Å². The highest BCUT2D eigenvalue weighted by Gasteiger charge is 2.19. The number of rotatable bonds is 7. The van der Waals surface area contributed by atoms with Crippen LogP contribution in [0.4, 0.5) is 0 Å². The Labute approximate surface area is 103 Å². The molecule has 0 aliphatic heterocycles. The van der Waals surface area contributed by atoms with Crippen LogP contribution in [0.3, 0.4) is 0 Å². The molecule has 0 radical (unpaired) electrons. The van der Waals surface area contributed by atoms with Gasteiger partial charge in [-0.3, -0.25) is 4.79 Å². The molecule has 1 heterocycles. The molecule has 17 heavy (non-hydrogen) atoms. The Bertz CT molecular complexity index is 368. The highest BCUT2D eigenvalue weighted by atomic mass is 32.2. The van der Waals surface area contributed by atoms with Crippen LogP contribution in [0, 0.1) is 0 Å². The molecule has 2 N–H and O–H groups in total. The Morgan fingerprint density at radius 3 is 2.88 bits per heavy atom. The number of nitrogens with one attached hydrogen (secondary N) is 1. The molecular formula is C9H14N4O3S. The summed E-state index contributed by atoms with van der Waals surface area (Å²) in [6, 6.07) is -0.849. The summed E-state index contributed by atoms with van der Waals surface area (Å²) in [5, 5.41) is 18.5. The largest absolute Gasteiger partial charge is 0.480 e. The smallest absolute Gasteiger partial charge is 0.326 e. The molecule has 0 bridgehead atoms. The first-order valence-corrected chi connectivity index (χ1v) is 6.38. The van der Waals surface area contributed by atoms with Crippen LogP contribution in [-0.2, 0) is 16.1 Å². The highest BCUT2D eigenvalue weighted by Crippen LogP contribution is 2.01. The molecule has 0 aromatic carbocycles. The first-order chi connectivity index (χ1) is 8.13. The van der Waals surface area contributed by atoms with Crippen molar-refractivity contribution < 1.29 is 14.7 Å². The quantitative estimate of drug-likeness (QED) is 0.690. The summed E-state index contributed by atoms with van der Waals surface area (Å²) < 4.78 is 1.34. The molecule has 94 valence electrons. The molecular weight excluding hydrogens is 244 g/mol. The fourth-order valence-electron chi connectivity index (χ4n) is 1.20. The number of nitrogens with zero attached hydrogens (tertiary/aromatic N) is 3. The van der Waals surface area contributed by atoms with E-state index in [9.17, 15) is 9.59 Å². The van der Waals surface area contributed by atoms with Gasteiger partial charge in [0.2, 0.25) is 5.91 Å². The van der Waals surface area contributed by atoms with Gasteiger partial charge in [-0.15, -0.1) is 5.10 Å². The van der Waals surface area contributed by atoms with E-state index in [0.29, 0.717) is 12.2 Å². The summed E-state index contributed by atoms with van der Waals surface area (Å²) in [5.74, 6) is -0.726. The number of thioether (sulfide) groups is 1. The standard InChI is InChI=1S/C9H14N4O3S/c1-17-5-2-7(9(15)16)11-8(14)6-13-4-3-10-12-13/h3-4,7H,2,5-6H2,1H3,(H,11,14)(H,15,16)/t7-/m1/s1. The third-order valence-corrected chi connectivity index (χ3v) is 2.67. The van der Waals surface area contributed by atoms with Gasteiger partial charge in [0.15, 0.2) is 0 Å². The van der Waals surface area contributed by atoms with E-state index in [1.165, 1.54) is 28.8 Å². The van der Waals surface area contributed by atoms with Gasteiger partial charge in [-0.05, 0) is 18.4 Å². The Morgan fingerprint density at radius 1 is 1.59 bits per heavy atom. The van der Waals surface area contributed by atoms with Crippen LogP contribution in [0.1, 0.15) is 6.42 Å². The van der Waals surface area contributed by atoms with Gasteiger partial charge in [0, 0.05) is 6.20 Å². The van der Waals surface area contributed by atoms with E-state index in [2.05, 4.69) is 15.6 Å². The van der Waals surface area contributed by atoms with Crippen LogP contribution < -0.4 is 5.32 Å². The number of hydrogen-bond acceptors (Lipinski definition) is 5. The lowest BCUT2D eigenvalue weighted by Crippen LogP contribution is -2.42. The zero-order valence-electron chi connectivity index (χ0n) is 9.37. The van der Waals surface area contributed by atoms with E-state index in [4.69, 9.17) is 5.11 Å². The maximum Gasteiger partial charge on any atom is 0.326 e. The molecule has 0 fully saturated rings. The lowest BCUT2D eigenvalue weighted by molar-refractivity contribution is -0.142. The van der Waals surface area contributed by atoms with E-state index in [-0.39, 0.29) is 12.5 Å². The lowest BCUT2D eigenvalue weighted by atomic mass is 10.2. The molecule has 0 saturated carbocycles. The molecule has 1 aromatic heterocycles. The van der Waals surface area contributed by atoms with Crippen molar-refractivity contribution in [3.05, 3.63) is 12.4 Å². The number of carbonyl (C=O) groups is 2. The van der Waals surface area contributed by atoms with E-state index >= 15 is 0 Å². The van der Waals surface area contributed by atoms with Crippen LogP contribution in [0.15, 0.2) is 12.4 Å². The van der Waals surface area contributed by atoms with Crippen molar-refractivity contribution in [2.75, 3.05) is 12.0 Å². The monoisotopic (exact) mass is 258 g/mol. The third kappa shape index (κ3) is 4.85. The molecule has 0 aliphatic carbocycles. The minimum Gasteiger partial charge on any atom is -0.480 e. The summed E-state index contributed by atoms with van der Waals surface area (Å²) >= 11 is 1.54. The molecule has 1 amide bonds. The molecule has 8 heteroatoms. The summed E-state index contributed by atoms with van der Waals surface area (Å²) in [5.41, 5.74) is 0. The van der Waals surface area contributed by atoms with Crippen molar-refractivity contribution in [2.24, 2.45) is 0 Å². The van der Waals surface area contributed by atoms with Crippen LogP contribution >= 0.6 is 11.8 Å². The lowest BCUT2D eigenvalue weighted by Gasteiger charge is -2.13. The zero-order chi connectivity index (χ0) is 12.7. The van der Waals surface area contributed by atoms with E-state index in [1.807, 2.05) is 6.26 Å². The Kier molecular flexibility index (Phi) is 5.47. The molecule has 7 nitrogen and oxygen atoms in total. The average Bonchev–Trinajstić information content (AvgIpc) is 2.76. The second kappa shape index (κ2) is 6.89. The number of hydrogen-bond donors (Lipinski definition) is 2. The molecule has 0 saturated heterocycles. The minimum absolute atomic E-state index is 0.0248. The van der Waals surface area contributed by atoms with Gasteiger partial charge in [0.25, 0.3) is 0 Å².